The summed E-state index contributed by atoms with van der Waals surface area (Å²) in [7, 11) is 0. The molecule has 1 aromatic rings. The molecule has 0 aromatic carbocycles. The van der Waals surface area contributed by atoms with Crippen LogP contribution in [0.1, 0.15) is 70.2 Å². The Bertz CT molecular complexity index is 390. The standard InChI is InChI=1S/C13H23N3S/c1-2-3-4-5-6-7-8-12-14-15-13(17)16(12)11-9-10-11/h11H,2-10H2,1H3,(H,15,17). The Kier molecular flexibility index (Phi) is 4.77. The van der Waals surface area contributed by atoms with Gasteiger partial charge in [-0.05, 0) is 31.5 Å². The summed E-state index contributed by atoms with van der Waals surface area (Å²) >= 11 is 5.27. The average Bonchev–Trinajstić information content (AvgIpc) is 3.09. The molecule has 1 aliphatic carbocycles. The molecule has 0 bridgehead atoms. The van der Waals surface area contributed by atoms with Crippen molar-refractivity contribution in [1.29, 1.82) is 0 Å². The third kappa shape index (κ3) is 3.66. The molecule has 0 amide bonds. The predicted octanol–water partition coefficient (Wildman–Crippen LogP) is 4.18. The van der Waals surface area contributed by atoms with Crippen LogP contribution in [0.15, 0.2) is 0 Å². The van der Waals surface area contributed by atoms with Gasteiger partial charge in [-0.2, -0.15) is 5.10 Å². The van der Waals surface area contributed by atoms with Crippen molar-refractivity contribution in [2.75, 3.05) is 0 Å². The third-order valence-electron chi connectivity index (χ3n) is 3.44. The number of nitrogens with one attached hydrogen (secondary N) is 1. The lowest BCUT2D eigenvalue weighted by Gasteiger charge is -2.04. The number of aromatic nitrogens is 3. The Morgan fingerprint density at radius 3 is 2.65 bits per heavy atom. The first-order valence-electron chi connectivity index (χ1n) is 6.98. The molecule has 0 spiro atoms. The van der Waals surface area contributed by atoms with Gasteiger partial charge in [0.25, 0.3) is 0 Å². The first-order valence-corrected chi connectivity index (χ1v) is 7.39. The Morgan fingerprint density at radius 1 is 1.24 bits per heavy atom. The predicted molar refractivity (Wildman–Crippen MR) is 72.8 cm³/mol. The molecule has 1 N–H and O–H groups in total. The van der Waals surface area contributed by atoms with Crippen LogP contribution >= 0.6 is 12.2 Å². The lowest BCUT2D eigenvalue weighted by Crippen LogP contribution is -2.01. The van der Waals surface area contributed by atoms with Gasteiger partial charge in [-0.15, -0.1) is 0 Å². The number of aromatic amines is 1. The summed E-state index contributed by atoms with van der Waals surface area (Å²) in [5.74, 6) is 1.17. The van der Waals surface area contributed by atoms with Gasteiger partial charge in [0.2, 0.25) is 0 Å². The minimum absolute atomic E-state index is 0.649. The van der Waals surface area contributed by atoms with Crippen molar-refractivity contribution in [2.45, 2.75) is 70.8 Å². The molecule has 1 aromatic heterocycles. The maximum Gasteiger partial charge on any atom is 0.195 e. The zero-order valence-electron chi connectivity index (χ0n) is 10.7. The van der Waals surface area contributed by atoms with E-state index in [1.54, 1.807) is 0 Å². The molecule has 0 radical (unpaired) electrons. The summed E-state index contributed by atoms with van der Waals surface area (Å²) in [4.78, 5) is 0. The van der Waals surface area contributed by atoms with E-state index >= 15 is 0 Å². The number of unbranched alkanes of at least 4 members (excludes halogenated alkanes) is 5. The molecule has 3 nitrogen and oxygen atoms in total. The Hall–Kier alpha value is -0.640. The molecule has 0 atom stereocenters. The Morgan fingerprint density at radius 2 is 1.94 bits per heavy atom. The monoisotopic (exact) mass is 253 g/mol. The first-order chi connectivity index (χ1) is 8.33. The highest BCUT2D eigenvalue weighted by Gasteiger charge is 2.26. The summed E-state index contributed by atoms with van der Waals surface area (Å²) in [6, 6.07) is 0.649. The van der Waals surface area contributed by atoms with Crippen LogP contribution in [0.5, 0.6) is 0 Å². The summed E-state index contributed by atoms with van der Waals surface area (Å²) in [5, 5.41) is 7.29. The van der Waals surface area contributed by atoms with Crippen molar-refractivity contribution in [3.8, 4) is 0 Å². The van der Waals surface area contributed by atoms with Gasteiger partial charge < -0.3 is 4.57 Å². The summed E-state index contributed by atoms with van der Waals surface area (Å²) in [5.41, 5.74) is 0. The molecule has 0 aliphatic heterocycles. The van der Waals surface area contributed by atoms with Crippen LogP contribution in [0.25, 0.3) is 0 Å². The fourth-order valence-corrected chi connectivity index (χ4v) is 2.59. The van der Waals surface area contributed by atoms with E-state index in [0.717, 1.165) is 11.2 Å². The molecule has 17 heavy (non-hydrogen) atoms. The largest absolute Gasteiger partial charge is 0.301 e. The Balaban J connectivity index is 1.73. The SMILES string of the molecule is CCCCCCCCc1n[nH]c(=S)n1C1CC1. The lowest BCUT2D eigenvalue weighted by atomic mass is 10.1. The van der Waals surface area contributed by atoms with Crippen molar-refractivity contribution in [1.82, 2.24) is 14.8 Å². The molecular formula is C13H23N3S. The molecule has 2 rings (SSSR count). The van der Waals surface area contributed by atoms with Gasteiger partial charge >= 0.3 is 0 Å². The summed E-state index contributed by atoms with van der Waals surface area (Å²) < 4.78 is 3.05. The van der Waals surface area contributed by atoms with Gasteiger partial charge in [0.15, 0.2) is 4.77 Å². The van der Waals surface area contributed by atoms with Crippen LogP contribution in [0.4, 0.5) is 0 Å². The average molecular weight is 253 g/mol. The van der Waals surface area contributed by atoms with Crippen LogP contribution in [0, 0.1) is 4.77 Å². The second-order valence-corrected chi connectivity index (χ2v) is 5.45. The van der Waals surface area contributed by atoms with Gasteiger partial charge in [-0.1, -0.05) is 39.0 Å². The van der Waals surface area contributed by atoms with Crippen LogP contribution in [0.3, 0.4) is 0 Å². The van der Waals surface area contributed by atoms with Crippen LogP contribution in [-0.4, -0.2) is 14.8 Å². The van der Waals surface area contributed by atoms with Gasteiger partial charge in [-0.3, -0.25) is 5.10 Å². The number of rotatable bonds is 8. The maximum absolute atomic E-state index is 5.27. The van der Waals surface area contributed by atoms with E-state index < -0.39 is 0 Å². The first kappa shape index (κ1) is 12.8. The van der Waals surface area contributed by atoms with E-state index in [4.69, 9.17) is 12.2 Å². The van der Waals surface area contributed by atoms with E-state index in [1.165, 1.54) is 57.2 Å². The normalized spacial score (nSPS) is 15.4. The van der Waals surface area contributed by atoms with Crippen molar-refractivity contribution >= 4 is 12.2 Å². The van der Waals surface area contributed by atoms with E-state index in [-0.39, 0.29) is 0 Å². The number of nitrogens with zero attached hydrogens (tertiary/aromatic N) is 2. The van der Waals surface area contributed by atoms with Gasteiger partial charge in [0.05, 0.1) is 0 Å². The van der Waals surface area contributed by atoms with Crippen molar-refractivity contribution in [3.05, 3.63) is 10.6 Å². The smallest absolute Gasteiger partial charge is 0.195 e. The van der Waals surface area contributed by atoms with E-state index in [1.807, 2.05) is 0 Å². The lowest BCUT2D eigenvalue weighted by molar-refractivity contribution is 0.584. The van der Waals surface area contributed by atoms with Crippen molar-refractivity contribution < 1.29 is 0 Å². The highest BCUT2D eigenvalue weighted by Crippen LogP contribution is 2.35. The number of hydrogen-bond acceptors (Lipinski definition) is 2. The van der Waals surface area contributed by atoms with Crippen LogP contribution in [0.2, 0.25) is 0 Å². The van der Waals surface area contributed by atoms with Crippen LogP contribution < -0.4 is 0 Å². The molecule has 96 valence electrons. The minimum atomic E-state index is 0.649. The zero-order valence-corrected chi connectivity index (χ0v) is 11.6. The molecule has 1 saturated carbocycles. The maximum atomic E-state index is 5.27. The summed E-state index contributed by atoms with van der Waals surface area (Å²) in [6.07, 6.45) is 11.6. The third-order valence-corrected chi connectivity index (χ3v) is 3.73. The summed E-state index contributed by atoms with van der Waals surface area (Å²) in [6.45, 7) is 2.26. The van der Waals surface area contributed by atoms with E-state index in [0.29, 0.717) is 6.04 Å². The molecule has 4 heteroatoms. The Labute approximate surface area is 109 Å². The highest BCUT2D eigenvalue weighted by atomic mass is 32.1. The minimum Gasteiger partial charge on any atom is -0.301 e. The quantitative estimate of drug-likeness (QED) is 0.557. The molecule has 1 heterocycles. The zero-order chi connectivity index (χ0) is 12.1. The van der Waals surface area contributed by atoms with E-state index in [2.05, 4.69) is 21.7 Å². The molecule has 0 saturated heterocycles. The number of aryl methyl sites for hydroxylation is 1. The topological polar surface area (TPSA) is 33.6 Å². The highest BCUT2D eigenvalue weighted by molar-refractivity contribution is 7.71. The molecule has 1 aliphatic rings. The fraction of sp³-hybridized carbons (Fsp3) is 0.846. The van der Waals surface area contributed by atoms with Crippen molar-refractivity contribution in [2.24, 2.45) is 0 Å². The molecular weight excluding hydrogens is 230 g/mol. The van der Waals surface area contributed by atoms with Crippen LogP contribution in [-0.2, 0) is 6.42 Å². The number of H-pyrrole nitrogens is 1. The van der Waals surface area contributed by atoms with E-state index in [9.17, 15) is 0 Å². The van der Waals surface area contributed by atoms with Gasteiger partial charge in [0.1, 0.15) is 5.82 Å². The fourth-order valence-electron chi connectivity index (χ4n) is 2.29. The van der Waals surface area contributed by atoms with Gasteiger partial charge in [0, 0.05) is 12.5 Å². The second kappa shape index (κ2) is 6.34. The molecule has 0 unspecified atom stereocenters. The van der Waals surface area contributed by atoms with Gasteiger partial charge in [-0.25, -0.2) is 0 Å². The number of hydrogen-bond donors (Lipinski definition) is 1. The molecule has 1 fully saturated rings. The second-order valence-electron chi connectivity index (χ2n) is 5.06. The van der Waals surface area contributed by atoms with Crippen molar-refractivity contribution in [3.63, 3.8) is 0 Å².